The molecule has 0 saturated heterocycles. The standard InChI is InChI=1S/C19H16ClNO3/c1-12-3-4-13-10-14(7-8-24-18(13)9-12)19(22)21-15-5-6-17(23-2)16(20)11-15/h3-11H,1-2H3,(H,21,22). The average Bonchev–Trinajstić information content (AvgIpc) is 2.77. The number of carbonyl (C=O) groups excluding carboxylic acids is 1. The number of amides is 1. The first-order chi connectivity index (χ1) is 11.6. The van der Waals surface area contributed by atoms with E-state index in [1.807, 2.05) is 25.1 Å². The molecule has 0 aliphatic carbocycles. The van der Waals surface area contributed by atoms with Gasteiger partial charge in [-0.25, -0.2) is 0 Å². The van der Waals surface area contributed by atoms with Crippen LogP contribution in [0.25, 0.3) is 6.08 Å². The molecule has 0 saturated carbocycles. The number of benzene rings is 2. The van der Waals surface area contributed by atoms with Crippen LogP contribution in [-0.4, -0.2) is 13.0 Å². The van der Waals surface area contributed by atoms with Crippen LogP contribution >= 0.6 is 11.6 Å². The normalized spacial score (nSPS) is 12.5. The molecule has 3 rings (SSSR count). The van der Waals surface area contributed by atoms with Crippen LogP contribution in [0.3, 0.4) is 0 Å². The summed E-state index contributed by atoms with van der Waals surface area (Å²) in [5.74, 6) is 1.03. The topological polar surface area (TPSA) is 47.6 Å². The van der Waals surface area contributed by atoms with E-state index in [2.05, 4.69) is 5.32 Å². The molecule has 24 heavy (non-hydrogen) atoms. The molecule has 1 amide bonds. The number of rotatable bonds is 3. The maximum absolute atomic E-state index is 12.5. The van der Waals surface area contributed by atoms with E-state index in [-0.39, 0.29) is 5.91 Å². The average molecular weight is 342 g/mol. The van der Waals surface area contributed by atoms with E-state index in [4.69, 9.17) is 21.1 Å². The van der Waals surface area contributed by atoms with Gasteiger partial charge in [0.15, 0.2) is 0 Å². The van der Waals surface area contributed by atoms with Crippen molar-refractivity contribution in [2.45, 2.75) is 6.92 Å². The Morgan fingerprint density at radius 3 is 2.79 bits per heavy atom. The van der Waals surface area contributed by atoms with Gasteiger partial charge < -0.3 is 14.8 Å². The number of methoxy groups -OCH3 is 1. The number of halogens is 1. The SMILES string of the molecule is COc1ccc(NC(=O)C2=Cc3ccc(C)cc3OC=C2)cc1Cl. The number of aryl methyl sites for hydroxylation is 1. The van der Waals surface area contributed by atoms with Gasteiger partial charge in [0, 0.05) is 16.8 Å². The molecule has 2 aromatic carbocycles. The minimum Gasteiger partial charge on any atom is -0.495 e. The summed E-state index contributed by atoms with van der Waals surface area (Å²) < 4.78 is 10.7. The molecular weight excluding hydrogens is 326 g/mol. The maximum Gasteiger partial charge on any atom is 0.255 e. The van der Waals surface area contributed by atoms with Crippen LogP contribution in [0.2, 0.25) is 5.02 Å². The van der Waals surface area contributed by atoms with Gasteiger partial charge >= 0.3 is 0 Å². The molecule has 0 bridgehead atoms. The van der Waals surface area contributed by atoms with E-state index in [1.54, 1.807) is 37.5 Å². The highest BCUT2D eigenvalue weighted by Crippen LogP contribution is 2.29. The monoisotopic (exact) mass is 341 g/mol. The lowest BCUT2D eigenvalue weighted by Gasteiger charge is -2.08. The molecule has 0 radical (unpaired) electrons. The Hall–Kier alpha value is -2.72. The lowest BCUT2D eigenvalue weighted by molar-refractivity contribution is -0.112. The maximum atomic E-state index is 12.5. The minimum absolute atomic E-state index is 0.246. The van der Waals surface area contributed by atoms with Crippen LogP contribution in [-0.2, 0) is 4.79 Å². The van der Waals surface area contributed by atoms with E-state index in [9.17, 15) is 4.79 Å². The number of ether oxygens (including phenoxy) is 2. The van der Waals surface area contributed by atoms with Gasteiger partial charge in [-0.05, 0) is 48.9 Å². The second kappa shape index (κ2) is 6.81. The second-order valence-electron chi connectivity index (χ2n) is 5.37. The zero-order chi connectivity index (χ0) is 17.1. The molecule has 1 aliphatic rings. The van der Waals surface area contributed by atoms with Gasteiger partial charge in [-0.1, -0.05) is 23.7 Å². The summed E-state index contributed by atoms with van der Waals surface area (Å²) in [6, 6.07) is 10.9. The van der Waals surface area contributed by atoms with E-state index in [0.29, 0.717) is 22.0 Å². The first kappa shape index (κ1) is 16.1. The number of anilines is 1. The number of fused-ring (bicyclic) bond motifs is 1. The Morgan fingerprint density at radius 2 is 2.04 bits per heavy atom. The summed E-state index contributed by atoms with van der Waals surface area (Å²) in [5, 5.41) is 3.25. The Morgan fingerprint density at radius 1 is 1.21 bits per heavy atom. The van der Waals surface area contributed by atoms with Crippen LogP contribution in [0.4, 0.5) is 5.69 Å². The third kappa shape index (κ3) is 3.44. The molecule has 122 valence electrons. The Labute approximate surface area is 145 Å². The van der Waals surface area contributed by atoms with Crippen molar-refractivity contribution in [2.24, 2.45) is 0 Å². The van der Waals surface area contributed by atoms with Gasteiger partial charge in [0.2, 0.25) is 0 Å². The molecule has 0 fully saturated rings. The van der Waals surface area contributed by atoms with E-state index in [1.165, 1.54) is 6.26 Å². The number of carbonyl (C=O) groups is 1. The van der Waals surface area contributed by atoms with Crippen LogP contribution < -0.4 is 14.8 Å². The first-order valence-corrected chi connectivity index (χ1v) is 7.75. The second-order valence-corrected chi connectivity index (χ2v) is 5.77. The van der Waals surface area contributed by atoms with E-state index in [0.717, 1.165) is 16.9 Å². The molecule has 2 aromatic rings. The van der Waals surface area contributed by atoms with Crippen LogP contribution in [0, 0.1) is 6.92 Å². The molecule has 0 spiro atoms. The number of hydrogen-bond acceptors (Lipinski definition) is 3. The quantitative estimate of drug-likeness (QED) is 0.888. The molecule has 4 nitrogen and oxygen atoms in total. The number of nitrogens with one attached hydrogen (secondary N) is 1. The fraction of sp³-hybridized carbons (Fsp3) is 0.105. The lowest BCUT2D eigenvalue weighted by Crippen LogP contribution is -2.13. The summed E-state index contributed by atoms with van der Waals surface area (Å²) in [4.78, 5) is 12.5. The molecule has 0 unspecified atom stereocenters. The Bertz CT molecular complexity index is 856. The van der Waals surface area contributed by atoms with Crippen molar-refractivity contribution in [3.63, 3.8) is 0 Å². The van der Waals surface area contributed by atoms with Gasteiger partial charge in [-0.3, -0.25) is 4.79 Å². The largest absolute Gasteiger partial charge is 0.495 e. The summed E-state index contributed by atoms with van der Waals surface area (Å²) in [6.45, 7) is 1.99. The van der Waals surface area contributed by atoms with Gasteiger partial charge in [0.25, 0.3) is 5.91 Å². The summed E-state index contributed by atoms with van der Waals surface area (Å²) in [5.41, 5.74) is 3.03. The predicted molar refractivity (Wildman–Crippen MR) is 95.6 cm³/mol. The van der Waals surface area contributed by atoms with Gasteiger partial charge in [-0.2, -0.15) is 0 Å². The minimum atomic E-state index is -0.246. The van der Waals surface area contributed by atoms with Crippen molar-refractivity contribution in [1.29, 1.82) is 0 Å². The molecular formula is C19H16ClNO3. The van der Waals surface area contributed by atoms with Crippen molar-refractivity contribution in [3.8, 4) is 11.5 Å². The van der Waals surface area contributed by atoms with Crippen molar-refractivity contribution in [2.75, 3.05) is 12.4 Å². The van der Waals surface area contributed by atoms with Gasteiger partial charge in [0.05, 0.1) is 18.4 Å². The fourth-order valence-corrected chi connectivity index (χ4v) is 2.61. The van der Waals surface area contributed by atoms with Gasteiger partial charge in [0.1, 0.15) is 11.5 Å². The van der Waals surface area contributed by atoms with E-state index < -0.39 is 0 Å². The Balaban J connectivity index is 1.84. The van der Waals surface area contributed by atoms with Gasteiger partial charge in [-0.15, -0.1) is 0 Å². The van der Waals surface area contributed by atoms with Crippen molar-refractivity contribution in [1.82, 2.24) is 0 Å². The third-order valence-electron chi connectivity index (χ3n) is 3.59. The fourth-order valence-electron chi connectivity index (χ4n) is 2.35. The summed E-state index contributed by atoms with van der Waals surface area (Å²) >= 11 is 6.08. The molecule has 1 heterocycles. The van der Waals surface area contributed by atoms with Crippen molar-refractivity contribution < 1.29 is 14.3 Å². The zero-order valence-corrected chi connectivity index (χ0v) is 14.1. The van der Waals surface area contributed by atoms with E-state index >= 15 is 0 Å². The first-order valence-electron chi connectivity index (χ1n) is 7.37. The highest BCUT2D eigenvalue weighted by molar-refractivity contribution is 6.32. The highest BCUT2D eigenvalue weighted by Gasteiger charge is 2.13. The molecule has 5 heteroatoms. The smallest absolute Gasteiger partial charge is 0.255 e. The molecule has 1 N–H and O–H groups in total. The van der Waals surface area contributed by atoms with Crippen LogP contribution in [0.5, 0.6) is 11.5 Å². The summed E-state index contributed by atoms with van der Waals surface area (Å²) in [6.07, 6.45) is 4.94. The van der Waals surface area contributed by atoms with Crippen molar-refractivity contribution in [3.05, 3.63) is 70.5 Å². The molecule has 0 aromatic heterocycles. The van der Waals surface area contributed by atoms with Crippen LogP contribution in [0.1, 0.15) is 11.1 Å². The predicted octanol–water partition coefficient (Wildman–Crippen LogP) is 4.59. The van der Waals surface area contributed by atoms with Crippen LogP contribution in [0.15, 0.2) is 54.3 Å². The Kier molecular flexibility index (Phi) is 4.58. The third-order valence-corrected chi connectivity index (χ3v) is 3.89. The molecule has 0 atom stereocenters. The zero-order valence-electron chi connectivity index (χ0n) is 13.3. The lowest BCUT2D eigenvalue weighted by atomic mass is 10.1. The highest BCUT2D eigenvalue weighted by atomic mass is 35.5. The molecule has 1 aliphatic heterocycles. The number of hydrogen-bond donors (Lipinski definition) is 1. The summed E-state index contributed by atoms with van der Waals surface area (Å²) in [7, 11) is 1.54. The van der Waals surface area contributed by atoms with Crippen molar-refractivity contribution >= 4 is 29.3 Å².